The minimum Gasteiger partial charge on any atom is -0.418 e. The fourth-order valence-corrected chi connectivity index (χ4v) is 3.39. The molecule has 0 bridgehead atoms. The molecule has 0 aliphatic carbocycles. The Hall–Kier alpha value is -1.24. The Labute approximate surface area is 129 Å². The topological polar surface area (TPSA) is 45.4 Å². The second-order valence-corrected chi connectivity index (χ2v) is 6.42. The maximum atomic E-state index is 5.85. The van der Waals surface area contributed by atoms with Gasteiger partial charge in [-0.1, -0.05) is 13.0 Å². The first-order valence-electron chi connectivity index (χ1n) is 7.61. The van der Waals surface area contributed by atoms with Gasteiger partial charge < -0.3 is 9.32 Å². The largest absolute Gasteiger partial charge is 0.418 e. The highest BCUT2D eigenvalue weighted by Gasteiger charge is 2.25. The SMILES string of the molecule is CCCN1CCN(C(C)c2nnc(-c3cccs3)o2)CC1. The molecule has 1 unspecified atom stereocenters. The summed E-state index contributed by atoms with van der Waals surface area (Å²) in [6.45, 7) is 9.98. The molecule has 5 nitrogen and oxygen atoms in total. The van der Waals surface area contributed by atoms with Crippen molar-refractivity contribution in [2.24, 2.45) is 0 Å². The van der Waals surface area contributed by atoms with Crippen LogP contribution in [0.5, 0.6) is 0 Å². The lowest BCUT2D eigenvalue weighted by molar-refractivity contribution is 0.0917. The van der Waals surface area contributed by atoms with Crippen molar-refractivity contribution < 1.29 is 4.42 Å². The molecule has 0 radical (unpaired) electrons. The molecule has 3 heterocycles. The third-order valence-electron chi connectivity index (χ3n) is 4.02. The lowest BCUT2D eigenvalue weighted by atomic mass is 10.2. The molecule has 3 rings (SSSR count). The van der Waals surface area contributed by atoms with Gasteiger partial charge in [0.1, 0.15) is 0 Å². The minimum absolute atomic E-state index is 0.190. The van der Waals surface area contributed by atoms with Crippen molar-refractivity contribution in [2.45, 2.75) is 26.3 Å². The molecule has 0 N–H and O–H groups in total. The van der Waals surface area contributed by atoms with E-state index in [1.165, 1.54) is 13.0 Å². The normalized spacial score (nSPS) is 19.0. The molecule has 1 atom stereocenters. The molecular weight excluding hydrogens is 284 g/mol. The summed E-state index contributed by atoms with van der Waals surface area (Å²) in [6.07, 6.45) is 1.23. The van der Waals surface area contributed by atoms with Crippen molar-refractivity contribution in [3.05, 3.63) is 23.4 Å². The lowest BCUT2D eigenvalue weighted by Gasteiger charge is -2.36. The van der Waals surface area contributed by atoms with Gasteiger partial charge in [-0.3, -0.25) is 4.90 Å². The summed E-state index contributed by atoms with van der Waals surface area (Å²) in [7, 11) is 0. The van der Waals surface area contributed by atoms with Crippen LogP contribution in [0.3, 0.4) is 0 Å². The van der Waals surface area contributed by atoms with Gasteiger partial charge in [-0.05, 0) is 31.3 Å². The van der Waals surface area contributed by atoms with E-state index in [1.54, 1.807) is 11.3 Å². The number of rotatable bonds is 5. The molecule has 0 spiro atoms. The molecule has 2 aromatic rings. The van der Waals surface area contributed by atoms with E-state index in [-0.39, 0.29) is 6.04 Å². The van der Waals surface area contributed by atoms with Crippen LogP contribution in [0.2, 0.25) is 0 Å². The van der Waals surface area contributed by atoms with Crippen LogP contribution >= 0.6 is 11.3 Å². The summed E-state index contributed by atoms with van der Waals surface area (Å²) in [5.41, 5.74) is 0. The minimum atomic E-state index is 0.190. The van der Waals surface area contributed by atoms with E-state index in [0.717, 1.165) is 36.9 Å². The van der Waals surface area contributed by atoms with E-state index >= 15 is 0 Å². The number of hydrogen-bond acceptors (Lipinski definition) is 6. The van der Waals surface area contributed by atoms with Crippen LogP contribution in [0.25, 0.3) is 10.8 Å². The average Bonchev–Trinajstić information content (AvgIpc) is 3.19. The zero-order valence-corrected chi connectivity index (χ0v) is 13.5. The van der Waals surface area contributed by atoms with E-state index in [9.17, 15) is 0 Å². The first kappa shape index (κ1) is 14.7. The van der Waals surface area contributed by atoms with Crippen molar-refractivity contribution in [1.82, 2.24) is 20.0 Å². The van der Waals surface area contributed by atoms with Crippen LogP contribution in [-0.4, -0.2) is 52.7 Å². The Morgan fingerprint density at radius 3 is 2.76 bits per heavy atom. The van der Waals surface area contributed by atoms with Gasteiger partial charge in [0, 0.05) is 26.2 Å². The van der Waals surface area contributed by atoms with Crippen molar-refractivity contribution in [3.8, 4) is 10.8 Å². The van der Waals surface area contributed by atoms with Crippen LogP contribution in [0.15, 0.2) is 21.9 Å². The van der Waals surface area contributed by atoms with E-state index in [4.69, 9.17) is 4.42 Å². The first-order chi connectivity index (χ1) is 10.3. The Morgan fingerprint density at radius 2 is 2.10 bits per heavy atom. The van der Waals surface area contributed by atoms with E-state index in [1.807, 2.05) is 17.5 Å². The fourth-order valence-electron chi connectivity index (χ4n) is 2.75. The highest BCUT2D eigenvalue weighted by Crippen LogP contribution is 2.27. The van der Waals surface area contributed by atoms with Gasteiger partial charge in [0.05, 0.1) is 10.9 Å². The molecule has 6 heteroatoms. The summed E-state index contributed by atoms with van der Waals surface area (Å²) < 4.78 is 5.85. The predicted octanol–water partition coefficient (Wildman–Crippen LogP) is 2.89. The van der Waals surface area contributed by atoms with E-state index in [2.05, 4.69) is 33.8 Å². The molecule has 1 saturated heterocycles. The highest BCUT2D eigenvalue weighted by molar-refractivity contribution is 7.13. The standard InChI is InChI=1S/C15H22N4OS/c1-3-6-18-7-9-19(10-8-18)12(2)14-16-17-15(20-14)13-5-4-11-21-13/h4-5,11-12H,3,6-10H2,1-2H3. The number of nitrogens with zero attached hydrogens (tertiary/aromatic N) is 4. The Bertz CT molecular complexity index is 546. The van der Waals surface area contributed by atoms with Gasteiger partial charge in [-0.15, -0.1) is 21.5 Å². The number of hydrogen-bond donors (Lipinski definition) is 0. The summed E-state index contributed by atoms with van der Waals surface area (Å²) in [4.78, 5) is 5.99. The zero-order chi connectivity index (χ0) is 14.7. The number of aromatic nitrogens is 2. The third kappa shape index (κ3) is 3.33. The lowest BCUT2D eigenvalue weighted by Crippen LogP contribution is -2.47. The Balaban J connectivity index is 1.62. The monoisotopic (exact) mass is 306 g/mol. The molecule has 1 aliphatic heterocycles. The van der Waals surface area contributed by atoms with Crippen molar-refractivity contribution >= 4 is 11.3 Å². The van der Waals surface area contributed by atoms with Crippen LogP contribution < -0.4 is 0 Å². The number of piperazine rings is 1. The van der Waals surface area contributed by atoms with Crippen molar-refractivity contribution in [2.75, 3.05) is 32.7 Å². The van der Waals surface area contributed by atoms with Gasteiger partial charge >= 0.3 is 0 Å². The molecule has 0 amide bonds. The molecule has 1 aliphatic rings. The second-order valence-electron chi connectivity index (χ2n) is 5.48. The van der Waals surface area contributed by atoms with Crippen LogP contribution in [0, 0.1) is 0 Å². The predicted molar refractivity (Wildman–Crippen MR) is 84.3 cm³/mol. The van der Waals surface area contributed by atoms with Gasteiger partial charge in [0.15, 0.2) is 0 Å². The Kier molecular flexibility index (Phi) is 4.67. The smallest absolute Gasteiger partial charge is 0.257 e. The van der Waals surface area contributed by atoms with Crippen molar-refractivity contribution in [3.63, 3.8) is 0 Å². The fraction of sp³-hybridized carbons (Fsp3) is 0.600. The van der Waals surface area contributed by atoms with Gasteiger partial charge in [-0.2, -0.15) is 0 Å². The Morgan fingerprint density at radius 1 is 1.29 bits per heavy atom. The quantitative estimate of drug-likeness (QED) is 0.850. The van der Waals surface area contributed by atoms with Crippen LogP contribution in [-0.2, 0) is 0 Å². The second kappa shape index (κ2) is 6.68. The molecule has 1 fully saturated rings. The molecule has 21 heavy (non-hydrogen) atoms. The first-order valence-corrected chi connectivity index (χ1v) is 8.49. The zero-order valence-electron chi connectivity index (χ0n) is 12.7. The summed E-state index contributed by atoms with van der Waals surface area (Å²) in [5, 5.41) is 10.4. The molecule has 2 aromatic heterocycles. The van der Waals surface area contributed by atoms with E-state index < -0.39 is 0 Å². The third-order valence-corrected chi connectivity index (χ3v) is 4.88. The highest BCUT2D eigenvalue weighted by atomic mass is 32.1. The van der Waals surface area contributed by atoms with Crippen LogP contribution in [0.4, 0.5) is 0 Å². The molecule has 0 aromatic carbocycles. The summed E-state index contributed by atoms with van der Waals surface area (Å²) in [5.74, 6) is 1.36. The number of thiophene rings is 1. The van der Waals surface area contributed by atoms with Gasteiger partial charge in [0.25, 0.3) is 5.89 Å². The average molecular weight is 306 g/mol. The van der Waals surface area contributed by atoms with Crippen LogP contribution in [0.1, 0.15) is 32.2 Å². The molecule has 0 saturated carbocycles. The van der Waals surface area contributed by atoms with Gasteiger partial charge in [0.2, 0.25) is 5.89 Å². The summed E-state index contributed by atoms with van der Waals surface area (Å²) in [6, 6.07) is 4.20. The molecule has 114 valence electrons. The van der Waals surface area contributed by atoms with Crippen molar-refractivity contribution in [1.29, 1.82) is 0 Å². The van der Waals surface area contributed by atoms with E-state index in [0.29, 0.717) is 5.89 Å². The summed E-state index contributed by atoms with van der Waals surface area (Å²) >= 11 is 1.63. The van der Waals surface area contributed by atoms with Gasteiger partial charge in [-0.25, -0.2) is 0 Å². The molecular formula is C15H22N4OS. The maximum Gasteiger partial charge on any atom is 0.257 e. The maximum absolute atomic E-state index is 5.85.